The number of aldehydes is 1. The summed E-state index contributed by atoms with van der Waals surface area (Å²) in [5, 5.41) is 0. The van der Waals surface area contributed by atoms with Gasteiger partial charge in [-0.15, -0.1) is 0 Å². The van der Waals surface area contributed by atoms with E-state index in [9.17, 15) is 4.79 Å². The van der Waals surface area contributed by atoms with E-state index in [0.717, 1.165) is 18.3 Å². The topological polar surface area (TPSA) is 26.3 Å². The maximum atomic E-state index is 10.5. The molecule has 1 fully saturated rings. The molecule has 17 heavy (non-hydrogen) atoms. The number of hydrogen-bond donors (Lipinski definition) is 0. The number of fused-ring (bicyclic) bond motifs is 1. The molecule has 0 aromatic heterocycles. The van der Waals surface area contributed by atoms with Crippen molar-refractivity contribution in [2.45, 2.75) is 58.7 Å². The van der Waals surface area contributed by atoms with Gasteiger partial charge >= 0.3 is 0 Å². The van der Waals surface area contributed by atoms with Crippen LogP contribution >= 0.6 is 0 Å². The van der Waals surface area contributed by atoms with Gasteiger partial charge in [-0.3, -0.25) is 4.79 Å². The van der Waals surface area contributed by atoms with Crippen LogP contribution in [0.4, 0.5) is 0 Å². The Bertz CT molecular complexity index is 390. The Morgan fingerprint density at radius 2 is 2.12 bits per heavy atom. The molecule has 1 aliphatic heterocycles. The number of carbonyl (C=O) groups is 1. The van der Waals surface area contributed by atoms with Crippen LogP contribution in [0.3, 0.4) is 0 Å². The predicted octanol–water partition coefficient (Wildman–Crippen LogP) is 3.43. The second kappa shape index (κ2) is 4.09. The second-order valence-corrected chi connectivity index (χ2v) is 6.13. The summed E-state index contributed by atoms with van der Waals surface area (Å²) in [6, 6.07) is 0. The number of rotatable bonds is 2. The average Bonchev–Trinajstić information content (AvgIpc) is 2.57. The van der Waals surface area contributed by atoms with Gasteiger partial charge in [-0.05, 0) is 61.8 Å². The molecule has 1 heterocycles. The van der Waals surface area contributed by atoms with Crippen molar-refractivity contribution < 1.29 is 9.53 Å². The fourth-order valence-electron chi connectivity index (χ4n) is 3.27. The molecule has 0 saturated heterocycles. The molecule has 2 atom stereocenters. The minimum Gasteiger partial charge on any atom is -0.359 e. The van der Waals surface area contributed by atoms with E-state index in [1.807, 2.05) is 6.92 Å². The minimum atomic E-state index is -0.121. The quantitative estimate of drug-likeness (QED) is 0.416. The Morgan fingerprint density at radius 1 is 1.41 bits per heavy atom. The van der Waals surface area contributed by atoms with Crippen molar-refractivity contribution in [2.75, 3.05) is 0 Å². The summed E-state index contributed by atoms with van der Waals surface area (Å²) in [5.41, 5.74) is 2.52. The van der Waals surface area contributed by atoms with Crippen LogP contribution in [0.1, 0.15) is 47.0 Å². The Morgan fingerprint density at radius 3 is 2.71 bits per heavy atom. The maximum absolute atomic E-state index is 10.5. The van der Waals surface area contributed by atoms with Gasteiger partial charge in [-0.25, -0.2) is 0 Å². The molecule has 2 aliphatic rings. The highest BCUT2D eigenvalue weighted by molar-refractivity contribution is 5.66. The normalized spacial score (nSPS) is 36.4. The van der Waals surface area contributed by atoms with Crippen LogP contribution in [0.25, 0.3) is 0 Å². The van der Waals surface area contributed by atoms with E-state index in [0.29, 0.717) is 0 Å². The van der Waals surface area contributed by atoms with Gasteiger partial charge < -0.3 is 4.74 Å². The maximum Gasteiger partial charge on any atom is 0.142 e. The average molecular weight is 234 g/mol. The third kappa shape index (κ3) is 2.11. The zero-order valence-corrected chi connectivity index (χ0v) is 11.2. The summed E-state index contributed by atoms with van der Waals surface area (Å²) >= 11 is 0. The standard InChI is InChI=1S/C15H22O2/c1-11(6-9-16)12-10-13-14(2,3)7-5-8-15(13,4)17-12/h6,9-10,12H,5,7-8H2,1-4H3/b11-6+/t12-,15-/m0/s1. The monoisotopic (exact) mass is 234 g/mol. The van der Waals surface area contributed by atoms with Crippen LogP contribution in [0, 0.1) is 5.41 Å². The molecule has 0 radical (unpaired) electrons. The first-order valence-electron chi connectivity index (χ1n) is 6.42. The number of ether oxygens (including phenoxy) is 1. The lowest BCUT2D eigenvalue weighted by atomic mass is 9.67. The summed E-state index contributed by atoms with van der Waals surface area (Å²) in [5.74, 6) is 0. The molecular formula is C15H22O2. The molecule has 0 aromatic carbocycles. The van der Waals surface area contributed by atoms with Gasteiger partial charge in [0, 0.05) is 0 Å². The van der Waals surface area contributed by atoms with Crippen molar-refractivity contribution in [3.8, 4) is 0 Å². The van der Waals surface area contributed by atoms with Crippen LogP contribution in [-0.4, -0.2) is 18.0 Å². The van der Waals surface area contributed by atoms with E-state index < -0.39 is 0 Å². The number of hydrogen-bond acceptors (Lipinski definition) is 2. The summed E-state index contributed by atoms with van der Waals surface area (Å²) in [4.78, 5) is 10.5. The van der Waals surface area contributed by atoms with Gasteiger partial charge in [-0.1, -0.05) is 13.8 Å². The molecule has 2 rings (SSSR count). The molecule has 0 amide bonds. The van der Waals surface area contributed by atoms with Crippen LogP contribution in [-0.2, 0) is 9.53 Å². The number of allylic oxidation sites excluding steroid dienone is 1. The molecule has 0 bridgehead atoms. The van der Waals surface area contributed by atoms with Gasteiger partial charge in [0.15, 0.2) is 0 Å². The van der Waals surface area contributed by atoms with Crippen molar-refractivity contribution in [1.82, 2.24) is 0 Å². The van der Waals surface area contributed by atoms with Crippen LogP contribution < -0.4 is 0 Å². The Labute approximate surface area is 104 Å². The fourth-order valence-corrected chi connectivity index (χ4v) is 3.27. The van der Waals surface area contributed by atoms with Gasteiger partial charge in [0.2, 0.25) is 0 Å². The first kappa shape index (κ1) is 12.6. The van der Waals surface area contributed by atoms with Gasteiger partial charge in [0.05, 0.1) is 11.7 Å². The SMILES string of the molecule is C/C(=C\C=O)[C@@H]1C=C2C(C)(C)CCC[C@]2(C)O1. The smallest absolute Gasteiger partial charge is 0.142 e. The lowest BCUT2D eigenvalue weighted by Crippen LogP contribution is -2.39. The molecule has 0 aromatic rings. The third-order valence-electron chi connectivity index (χ3n) is 4.24. The minimum absolute atomic E-state index is 0.0161. The first-order chi connectivity index (χ1) is 7.89. The van der Waals surface area contributed by atoms with E-state index in [4.69, 9.17) is 4.74 Å². The van der Waals surface area contributed by atoms with Crippen molar-refractivity contribution in [2.24, 2.45) is 5.41 Å². The van der Waals surface area contributed by atoms with E-state index in [1.54, 1.807) is 6.08 Å². The molecule has 94 valence electrons. The molecular weight excluding hydrogens is 212 g/mol. The van der Waals surface area contributed by atoms with Crippen LogP contribution in [0.15, 0.2) is 23.3 Å². The van der Waals surface area contributed by atoms with Gasteiger partial charge in [0.1, 0.15) is 6.29 Å². The van der Waals surface area contributed by atoms with Crippen LogP contribution in [0.2, 0.25) is 0 Å². The molecule has 1 saturated carbocycles. The molecule has 0 N–H and O–H groups in total. The largest absolute Gasteiger partial charge is 0.359 e. The zero-order chi connectivity index (χ0) is 12.7. The summed E-state index contributed by atoms with van der Waals surface area (Å²) in [7, 11) is 0. The Balaban J connectivity index is 2.33. The van der Waals surface area contributed by atoms with Crippen molar-refractivity contribution >= 4 is 6.29 Å². The fraction of sp³-hybridized carbons (Fsp3) is 0.667. The molecule has 2 heteroatoms. The highest BCUT2D eigenvalue weighted by atomic mass is 16.5. The highest BCUT2D eigenvalue weighted by Gasteiger charge is 2.47. The molecule has 2 nitrogen and oxygen atoms in total. The highest BCUT2D eigenvalue weighted by Crippen LogP contribution is 2.51. The summed E-state index contributed by atoms with van der Waals surface area (Å²) < 4.78 is 6.18. The van der Waals surface area contributed by atoms with Crippen molar-refractivity contribution in [3.05, 3.63) is 23.3 Å². The molecule has 1 aliphatic carbocycles. The van der Waals surface area contributed by atoms with Gasteiger partial charge in [0.25, 0.3) is 0 Å². The predicted molar refractivity (Wildman–Crippen MR) is 68.8 cm³/mol. The number of carbonyl (C=O) groups excluding carboxylic acids is 1. The van der Waals surface area contributed by atoms with E-state index >= 15 is 0 Å². The van der Waals surface area contributed by atoms with E-state index in [2.05, 4.69) is 26.8 Å². The summed E-state index contributed by atoms with van der Waals surface area (Å²) in [6.45, 7) is 8.74. The third-order valence-corrected chi connectivity index (χ3v) is 4.24. The lowest BCUT2D eigenvalue weighted by molar-refractivity contribution is -0.104. The summed E-state index contributed by atoms with van der Waals surface area (Å²) in [6.07, 6.45) is 8.19. The lowest BCUT2D eigenvalue weighted by Gasteiger charge is -2.42. The van der Waals surface area contributed by atoms with Crippen molar-refractivity contribution in [1.29, 1.82) is 0 Å². The zero-order valence-electron chi connectivity index (χ0n) is 11.2. The van der Waals surface area contributed by atoms with E-state index in [-0.39, 0.29) is 17.1 Å². The van der Waals surface area contributed by atoms with E-state index in [1.165, 1.54) is 18.4 Å². The first-order valence-corrected chi connectivity index (χ1v) is 6.42. The molecule has 0 spiro atoms. The second-order valence-electron chi connectivity index (χ2n) is 6.13. The molecule has 0 unspecified atom stereocenters. The Hall–Kier alpha value is -0.890. The van der Waals surface area contributed by atoms with Gasteiger partial charge in [-0.2, -0.15) is 0 Å². The van der Waals surface area contributed by atoms with Crippen molar-refractivity contribution in [3.63, 3.8) is 0 Å². The van der Waals surface area contributed by atoms with Crippen LogP contribution in [0.5, 0.6) is 0 Å². The Kier molecular flexibility index (Phi) is 3.03.